The lowest BCUT2D eigenvalue weighted by atomic mass is 9.96. The molecular weight excluding hydrogens is 162 g/mol. The summed E-state index contributed by atoms with van der Waals surface area (Å²) in [7, 11) is 0. The van der Waals surface area contributed by atoms with Gasteiger partial charge in [0, 0.05) is 6.08 Å². The molecule has 0 unspecified atom stereocenters. The molecule has 13 heavy (non-hydrogen) atoms. The van der Waals surface area contributed by atoms with Crippen LogP contribution in [0.3, 0.4) is 0 Å². The molecule has 0 aromatic rings. The summed E-state index contributed by atoms with van der Waals surface area (Å²) < 4.78 is 5.84. The Hall–Kier alpha value is -0.810. The minimum Gasteiger partial charge on any atom is -0.374 e. The molecule has 0 N–H and O–H groups in total. The van der Waals surface area contributed by atoms with Crippen LogP contribution in [0.2, 0.25) is 0 Å². The highest BCUT2D eigenvalue weighted by Gasteiger charge is 2.35. The Morgan fingerprint density at radius 3 is 2.85 bits per heavy atom. The van der Waals surface area contributed by atoms with Gasteiger partial charge in [0.1, 0.15) is 0 Å². The molecule has 2 heteroatoms. The molecular formula is C11H15NO. The Balaban J connectivity index is 2.00. The van der Waals surface area contributed by atoms with E-state index >= 15 is 0 Å². The third kappa shape index (κ3) is 2.10. The average Bonchev–Trinajstić information content (AvgIpc) is 2.85. The standard InChI is InChI=1S/C11H15NO/c1-8-6-9(4-5-12)7-11(13-8)10-2-3-10/h4,8,10-11H,2-3,6-7H2,1H3/b9-4+/t8-,11-/m1/s1. The van der Waals surface area contributed by atoms with E-state index in [2.05, 4.69) is 13.0 Å². The number of ether oxygens (including phenoxy) is 1. The molecule has 0 aromatic heterocycles. The molecule has 2 fully saturated rings. The molecule has 0 aromatic carbocycles. The number of hydrogen-bond acceptors (Lipinski definition) is 2. The summed E-state index contributed by atoms with van der Waals surface area (Å²) in [6.45, 7) is 2.10. The highest BCUT2D eigenvalue weighted by atomic mass is 16.5. The molecule has 1 saturated heterocycles. The van der Waals surface area contributed by atoms with Crippen LogP contribution in [0.1, 0.15) is 32.6 Å². The lowest BCUT2D eigenvalue weighted by Gasteiger charge is -2.29. The summed E-state index contributed by atoms with van der Waals surface area (Å²) in [5.74, 6) is 0.782. The minimum absolute atomic E-state index is 0.305. The maximum Gasteiger partial charge on any atom is 0.0911 e. The molecule has 2 aliphatic rings. The number of rotatable bonds is 1. The van der Waals surface area contributed by atoms with Crippen molar-refractivity contribution in [2.45, 2.75) is 44.8 Å². The smallest absolute Gasteiger partial charge is 0.0911 e. The summed E-state index contributed by atoms with van der Waals surface area (Å²) in [4.78, 5) is 0. The van der Waals surface area contributed by atoms with Crippen molar-refractivity contribution in [3.63, 3.8) is 0 Å². The van der Waals surface area contributed by atoms with Gasteiger partial charge in [0.25, 0.3) is 0 Å². The van der Waals surface area contributed by atoms with Gasteiger partial charge in [-0.15, -0.1) is 0 Å². The largest absolute Gasteiger partial charge is 0.374 e. The van der Waals surface area contributed by atoms with Crippen molar-refractivity contribution >= 4 is 0 Å². The van der Waals surface area contributed by atoms with Gasteiger partial charge in [-0.2, -0.15) is 5.26 Å². The molecule has 0 amide bonds. The maximum atomic E-state index is 8.58. The first-order chi connectivity index (χ1) is 6.29. The second kappa shape index (κ2) is 3.51. The van der Waals surface area contributed by atoms with Crippen LogP contribution in [-0.4, -0.2) is 12.2 Å². The van der Waals surface area contributed by atoms with Crippen LogP contribution >= 0.6 is 0 Å². The van der Waals surface area contributed by atoms with E-state index in [4.69, 9.17) is 10.00 Å². The van der Waals surface area contributed by atoms with E-state index in [-0.39, 0.29) is 0 Å². The van der Waals surface area contributed by atoms with Gasteiger partial charge >= 0.3 is 0 Å². The molecule has 2 nitrogen and oxygen atoms in total. The van der Waals surface area contributed by atoms with Crippen LogP contribution in [-0.2, 0) is 4.74 Å². The fraction of sp³-hybridized carbons (Fsp3) is 0.727. The fourth-order valence-corrected chi connectivity index (χ4v) is 2.06. The average molecular weight is 177 g/mol. The van der Waals surface area contributed by atoms with E-state index in [1.807, 2.05) is 0 Å². The van der Waals surface area contributed by atoms with Crippen LogP contribution in [0.25, 0.3) is 0 Å². The van der Waals surface area contributed by atoms with Crippen molar-refractivity contribution in [2.24, 2.45) is 5.92 Å². The van der Waals surface area contributed by atoms with Crippen LogP contribution < -0.4 is 0 Å². The topological polar surface area (TPSA) is 33.0 Å². The lowest BCUT2D eigenvalue weighted by molar-refractivity contribution is -0.0322. The second-order valence-electron chi connectivity index (χ2n) is 4.16. The van der Waals surface area contributed by atoms with E-state index in [0.29, 0.717) is 12.2 Å². The van der Waals surface area contributed by atoms with Crippen molar-refractivity contribution < 1.29 is 4.74 Å². The molecule has 2 rings (SSSR count). The lowest BCUT2D eigenvalue weighted by Crippen LogP contribution is -2.28. The predicted molar refractivity (Wildman–Crippen MR) is 50.0 cm³/mol. The Bertz CT molecular complexity index is 260. The first-order valence-corrected chi connectivity index (χ1v) is 5.02. The zero-order chi connectivity index (χ0) is 9.26. The van der Waals surface area contributed by atoms with E-state index in [0.717, 1.165) is 18.8 Å². The Kier molecular flexibility index (Phi) is 2.37. The molecule has 2 atom stereocenters. The summed E-state index contributed by atoms with van der Waals surface area (Å²) in [6, 6.07) is 2.12. The SMILES string of the molecule is C[C@@H]1C/C(=C\C#N)C[C@H](C2CC2)O1. The zero-order valence-electron chi connectivity index (χ0n) is 7.99. The molecule has 70 valence electrons. The molecule has 1 saturated carbocycles. The Labute approximate surface area is 79.2 Å². The van der Waals surface area contributed by atoms with Crippen molar-refractivity contribution in [2.75, 3.05) is 0 Å². The first-order valence-electron chi connectivity index (χ1n) is 5.02. The quantitative estimate of drug-likeness (QED) is 0.576. The number of hydrogen-bond donors (Lipinski definition) is 0. The number of allylic oxidation sites excluding steroid dienone is 1. The summed E-state index contributed by atoms with van der Waals surface area (Å²) in [6.07, 6.45) is 6.98. The molecule has 0 bridgehead atoms. The van der Waals surface area contributed by atoms with Crippen LogP contribution in [0.5, 0.6) is 0 Å². The first kappa shape index (κ1) is 8.77. The van der Waals surface area contributed by atoms with Crippen molar-refractivity contribution in [3.8, 4) is 6.07 Å². The van der Waals surface area contributed by atoms with Crippen LogP contribution in [0.4, 0.5) is 0 Å². The third-order valence-corrected chi connectivity index (χ3v) is 2.84. The van der Waals surface area contributed by atoms with E-state index in [1.54, 1.807) is 6.08 Å². The molecule has 0 spiro atoms. The third-order valence-electron chi connectivity index (χ3n) is 2.84. The van der Waals surface area contributed by atoms with E-state index in [9.17, 15) is 0 Å². The Morgan fingerprint density at radius 2 is 2.23 bits per heavy atom. The van der Waals surface area contributed by atoms with Gasteiger partial charge in [-0.1, -0.05) is 5.57 Å². The minimum atomic E-state index is 0.305. The van der Waals surface area contributed by atoms with Gasteiger partial charge < -0.3 is 4.74 Å². The number of nitriles is 1. The van der Waals surface area contributed by atoms with Gasteiger partial charge in [-0.25, -0.2) is 0 Å². The molecule has 0 radical (unpaired) electrons. The van der Waals surface area contributed by atoms with Gasteiger partial charge in [0.15, 0.2) is 0 Å². The van der Waals surface area contributed by atoms with Gasteiger partial charge in [-0.3, -0.25) is 0 Å². The normalized spacial score (nSPS) is 37.4. The number of nitrogens with zero attached hydrogens (tertiary/aromatic N) is 1. The van der Waals surface area contributed by atoms with Gasteiger partial charge in [-0.05, 0) is 38.5 Å². The fourth-order valence-electron chi connectivity index (χ4n) is 2.06. The second-order valence-corrected chi connectivity index (χ2v) is 4.16. The van der Waals surface area contributed by atoms with Crippen molar-refractivity contribution in [1.29, 1.82) is 5.26 Å². The molecule has 1 aliphatic carbocycles. The highest BCUT2D eigenvalue weighted by Crippen LogP contribution is 2.40. The predicted octanol–water partition coefficient (Wildman–Crippen LogP) is 2.41. The molecule has 1 aliphatic heterocycles. The van der Waals surface area contributed by atoms with Gasteiger partial charge in [0.2, 0.25) is 0 Å². The zero-order valence-corrected chi connectivity index (χ0v) is 7.99. The summed E-state index contributed by atoms with van der Waals surface area (Å²) >= 11 is 0. The molecule has 1 heterocycles. The van der Waals surface area contributed by atoms with E-state index in [1.165, 1.54) is 18.4 Å². The van der Waals surface area contributed by atoms with Gasteiger partial charge in [0.05, 0.1) is 18.3 Å². The highest BCUT2D eigenvalue weighted by molar-refractivity contribution is 5.17. The van der Waals surface area contributed by atoms with E-state index < -0.39 is 0 Å². The summed E-state index contributed by atoms with van der Waals surface area (Å²) in [5, 5.41) is 8.58. The van der Waals surface area contributed by atoms with Crippen LogP contribution in [0, 0.1) is 17.2 Å². The summed E-state index contributed by atoms with van der Waals surface area (Å²) in [5.41, 5.74) is 1.28. The van der Waals surface area contributed by atoms with Crippen molar-refractivity contribution in [1.82, 2.24) is 0 Å². The van der Waals surface area contributed by atoms with Crippen LogP contribution in [0.15, 0.2) is 11.6 Å². The Morgan fingerprint density at radius 1 is 1.46 bits per heavy atom. The van der Waals surface area contributed by atoms with Crippen molar-refractivity contribution in [3.05, 3.63) is 11.6 Å². The maximum absolute atomic E-state index is 8.58. The monoisotopic (exact) mass is 177 g/mol.